The van der Waals surface area contributed by atoms with Crippen LogP contribution < -0.4 is 21.5 Å². The molecule has 0 aliphatic carbocycles. The fourth-order valence-electron chi connectivity index (χ4n) is 4.96. The number of hydrogen-bond donors (Lipinski definition) is 3. The van der Waals surface area contributed by atoms with E-state index in [0.29, 0.717) is 42.2 Å². The Morgan fingerprint density at radius 3 is 2.62 bits per heavy atom. The van der Waals surface area contributed by atoms with Crippen LogP contribution in [0.4, 0.5) is 17.3 Å². The van der Waals surface area contributed by atoms with Crippen LogP contribution in [0.15, 0.2) is 65.6 Å². The van der Waals surface area contributed by atoms with Crippen molar-refractivity contribution in [1.29, 1.82) is 0 Å². The maximum Gasteiger partial charge on any atom is 0.278 e. The van der Waals surface area contributed by atoms with Crippen molar-refractivity contribution in [2.75, 3.05) is 43.4 Å². The molecule has 3 aromatic rings. The highest BCUT2D eigenvalue weighted by molar-refractivity contribution is 5.78. The van der Waals surface area contributed by atoms with Gasteiger partial charge < -0.3 is 26.0 Å². The van der Waals surface area contributed by atoms with Crippen molar-refractivity contribution in [2.45, 2.75) is 38.8 Å². The van der Waals surface area contributed by atoms with Gasteiger partial charge in [-0.3, -0.25) is 4.79 Å². The predicted molar refractivity (Wildman–Crippen MR) is 157 cm³/mol. The molecule has 4 heterocycles. The molecule has 2 aromatic heterocycles. The Morgan fingerprint density at radius 2 is 1.87 bits per heavy atom. The van der Waals surface area contributed by atoms with Crippen LogP contribution in [0, 0.1) is 5.92 Å². The summed E-state index contributed by atoms with van der Waals surface area (Å²) in [4.78, 5) is 27.1. The third kappa shape index (κ3) is 5.76. The Bertz CT molecular complexity index is 1460. The fraction of sp³-hybridized carbons (Fsp3) is 0.414. The maximum absolute atomic E-state index is 13.3. The second-order valence-corrected chi connectivity index (χ2v) is 10.7. The van der Waals surface area contributed by atoms with Crippen LogP contribution in [0.2, 0.25) is 0 Å². The van der Waals surface area contributed by atoms with E-state index in [1.807, 2.05) is 50.3 Å². The summed E-state index contributed by atoms with van der Waals surface area (Å²) in [6, 6.07) is 8.23. The van der Waals surface area contributed by atoms with Gasteiger partial charge in [-0.1, -0.05) is 31.2 Å². The van der Waals surface area contributed by atoms with E-state index in [1.165, 1.54) is 5.69 Å². The molecule has 39 heavy (non-hydrogen) atoms. The van der Waals surface area contributed by atoms with Crippen molar-refractivity contribution in [3.8, 4) is 0 Å². The summed E-state index contributed by atoms with van der Waals surface area (Å²) >= 11 is 0. The molecule has 206 valence electrons. The molecule has 1 unspecified atom stereocenters. The zero-order valence-corrected chi connectivity index (χ0v) is 22.9. The van der Waals surface area contributed by atoms with Crippen LogP contribution in [0.3, 0.4) is 0 Å². The molecule has 2 aliphatic heterocycles. The standard InChI is InChI=1S/C29H38N8O2/c1-21-8-7-9-25(30)37-26-24(27(38)36(37)15-6-4-5-14-29(21,2)39)20-31-28(33-26)32-22-10-12-23(13-11-22)35-18-16-34(3)17-19-35/h4,6-13,20-21,39H,5,14-19,30H2,1-3H3,(H,31,32,33)/b6-4-,8-7-,25-9+/t21?,29-/m1/s1. The lowest BCUT2D eigenvalue weighted by Gasteiger charge is -2.34. The summed E-state index contributed by atoms with van der Waals surface area (Å²) in [6.07, 6.45) is 12.3. The highest BCUT2D eigenvalue weighted by Crippen LogP contribution is 2.25. The molecule has 1 aromatic carbocycles. The molecule has 10 nitrogen and oxygen atoms in total. The van der Waals surface area contributed by atoms with Crippen LogP contribution in [0.25, 0.3) is 16.9 Å². The van der Waals surface area contributed by atoms with Gasteiger partial charge in [0.1, 0.15) is 11.2 Å². The monoisotopic (exact) mass is 530 g/mol. The van der Waals surface area contributed by atoms with E-state index in [4.69, 9.17) is 10.7 Å². The van der Waals surface area contributed by atoms with Crippen LogP contribution in [0.5, 0.6) is 0 Å². The van der Waals surface area contributed by atoms with Gasteiger partial charge in [0.15, 0.2) is 5.65 Å². The predicted octanol–water partition coefficient (Wildman–Crippen LogP) is 3.14. The number of aliphatic hydroxyl groups is 1. The van der Waals surface area contributed by atoms with Gasteiger partial charge in [0.05, 0.1) is 12.1 Å². The molecular formula is C29H38N8O2. The summed E-state index contributed by atoms with van der Waals surface area (Å²) in [5, 5.41) is 14.5. The van der Waals surface area contributed by atoms with E-state index >= 15 is 0 Å². The van der Waals surface area contributed by atoms with E-state index in [-0.39, 0.29) is 11.5 Å². The van der Waals surface area contributed by atoms with Gasteiger partial charge in [0, 0.05) is 49.7 Å². The molecule has 2 aliphatic rings. The number of rotatable bonds is 3. The smallest absolute Gasteiger partial charge is 0.278 e. The Hall–Kier alpha value is -3.89. The summed E-state index contributed by atoms with van der Waals surface area (Å²) in [5.74, 6) is 0.654. The normalized spacial score (nSPS) is 26.0. The molecule has 0 amide bonds. The van der Waals surface area contributed by atoms with Gasteiger partial charge >= 0.3 is 0 Å². The minimum absolute atomic E-state index is 0.0694. The van der Waals surface area contributed by atoms with E-state index in [9.17, 15) is 9.90 Å². The number of nitrogens with one attached hydrogen (secondary N) is 1. The summed E-state index contributed by atoms with van der Waals surface area (Å²) < 4.78 is 3.19. The molecule has 0 saturated carbocycles. The lowest BCUT2D eigenvalue weighted by atomic mass is 9.86. The first kappa shape index (κ1) is 26.7. The van der Waals surface area contributed by atoms with Crippen molar-refractivity contribution in [2.24, 2.45) is 11.7 Å². The Balaban J connectivity index is 1.45. The first-order valence-corrected chi connectivity index (χ1v) is 13.5. The molecule has 0 bridgehead atoms. The molecule has 4 N–H and O–H groups in total. The van der Waals surface area contributed by atoms with Crippen molar-refractivity contribution in [3.05, 3.63) is 71.2 Å². The topological polar surface area (TPSA) is 117 Å². The van der Waals surface area contributed by atoms with Crippen LogP contribution in [0.1, 0.15) is 26.7 Å². The van der Waals surface area contributed by atoms with E-state index in [2.05, 4.69) is 39.3 Å². The number of hydrogen-bond acceptors (Lipinski definition) is 8. The Morgan fingerprint density at radius 1 is 1.13 bits per heavy atom. The third-order valence-electron chi connectivity index (χ3n) is 7.82. The van der Waals surface area contributed by atoms with Gasteiger partial charge in [-0.15, -0.1) is 0 Å². The number of fused-ring (bicyclic) bond motifs is 3. The molecule has 1 saturated heterocycles. The average molecular weight is 531 g/mol. The second kappa shape index (κ2) is 11.1. The average Bonchev–Trinajstić information content (AvgIpc) is 3.19. The number of aromatic nitrogens is 4. The van der Waals surface area contributed by atoms with Crippen molar-refractivity contribution < 1.29 is 5.11 Å². The van der Waals surface area contributed by atoms with E-state index in [1.54, 1.807) is 21.6 Å². The lowest BCUT2D eigenvalue weighted by Crippen LogP contribution is -2.44. The first-order chi connectivity index (χ1) is 18.7. The zero-order chi connectivity index (χ0) is 27.6. The maximum atomic E-state index is 13.3. The molecule has 0 spiro atoms. The number of likely N-dealkylation sites (N-methyl/N-ethyl adjacent to an activating group) is 1. The lowest BCUT2D eigenvalue weighted by molar-refractivity contribution is 0.0170. The zero-order valence-electron chi connectivity index (χ0n) is 22.9. The van der Waals surface area contributed by atoms with Crippen molar-refractivity contribution in [3.63, 3.8) is 0 Å². The molecule has 0 radical (unpaired) electrons. The number of piperazine rings is 1. The number of nitrogens with two attached hydrogens (primary N) is 1. The summed E-state index contributed by atoms with van der Waals surface area (Å²) in [5.41, 5.74) is 7.91. The SMILES string of the molecule is CC1/C=C\C=C(/N)n2c3nc(Nc4ccc(N5CCN(C)CC5)cc4)ncc3c(=O)n2C/C=C\CC[C@@]1(C)O. The van der Waals surface area contributed by atoms with Crippen molar-refractivity contribution >= 4 is 34.2 Å². The molecular weight excluding hydrogens is 492 g/mol. The van der Waals surface area contributed by atoms with E-state index < -0.39 is 5.60 Å². The summed E-state index contributed by atoms with van der Waals surface area (Å²) in [7, 11) is 2.15. The largest absolute Gasteiger partial charge is 0.390 e. The second-order valence-electron chi connectivity index (χ2n) is 10.7. The van der Waals surface area contributed by atoms with Crippen LogP contribution >= 0.6 is 0 Å². The quantitative estimate of drug-likeness (QED) is 0.442. The Kier molecular flexibility index (Phi) is 7.58. The van der Waals surface area contributed by atoms with Gasteiger partial charge in [-0.25, -0.2) is 14.3 Å². The number of nitrogens with zero attached hydrogens (tertiary/aromatic N) is 6. The number of allylic oxidation sites excluding steroid dienone is 4. The molecule has 1 fully saturated rings. The molecule has 10 heteroatoms. The number of benzene rings is 1. The van der Waals surface area contributed by atoms with Gasteiger partial charge in [-0.2, -0.15) is 4.98 Å². The summed E-state index contributed by atoms with van der Waals surface area (Å²) in [6.45, 7) is 8.27. The minimum atomic E-state index is -0.840. The first-order valence-electron chi connectivity index (χ1n) is 13.5. The van der Waals surface area contributed by atoms with Crippen LogP contribution in [-0.2, 0) is 6.54 Å². The van der Waals surface area contributed by atoms with Crippen LogP contribution in [-0.4, -0.2) is 68.2 Å². The minimum Gasteiger partial charge on any atom is -0.390 e. The number of anilines is 3. The highest BCUT2D eigenvalue weighted by Gasteiger charge is 2.25. The van der Waals surface area contributed by atoms with Gasteiger partial charge in [0.25, 0.3) is 5.56 Å². The van der Waals surface area contributed by atoms with Crippen molar-refractivity contribution in [1.82, 2.24) is 24.2 Å². The van der Waals surface area contributed by atoms with E-state index in [0.717, 1.165) is 31.9 Å². The van der Waals surface area contributed by atoms with Gasteiger partial charge in [0.2, 0.25) is 5.95 Å². The Labute approximate surface area is 228 Å². The third-order valence-corrected chi connectivity index (χ3v) is 7.82. The van der Waals surface area contributed by atoms with Gasteiger partial charge in [-0.05, 0) is 57.2 Å². The molecule has 5 rings (SSSR count). The fourth-order valence-corrected chi connectivity index (χ4v) is 4.96. The highest BCUT2D eigenvalue weighted by atomic mass is 16.3. The molecule has 2 atom stereocenters.